The maximum absolute atomic E-state index is 4.28. The molecule has 0 saturated carbocycles. The van der Waals surface area contributed by atoms with E-state index in [9.17, 15) is 0 Å². The molecule has 0 aromatic heterocycles. The van der Waals surface area contributed by atoms with E-state index in [2.05, 4.69) is 91.0 Å². The summed E-state index contributed by atoms with van der Waals surface area (Å²) in [5.74, 6) is 12.2. The third-order valence-electron chi connectivity index (χ3n) is 2.97. The summed E-state index contributed by atoms with van der Waals surface area (Å²) in [5, 5.41) is 0. The van der Waals surface area contributed by atoms with Gasteiger partial charge in [0.25, 0.3) is 0 Å². The van der Waals surface area contributed by atoms with Gasteiger partial charge in [0.2, 0.25) is 0 Å². The van der Waals surface area contributed by atoms with Gasteiger partial charge in [0, 0.05) is 40.3 Å². The highest BCUT2D eigenvalue weighted by Crippen LogP contribution is 2.53. The zero-order valence-corrected chi connectivity index (χ0v) is 19.9. The summed E-state index contributed by atoms with van der Waals surface area (Å²) in [6.45, 7) is 2.47. The molecule has 1 saturated heterocycles. The summed E-state index contributed by atoms with van der Waals surface area (Å²) in [5.41, 5.74) is 0. The fourth-order valence-corrected chi connectivity index (χ4v) is 11.5. The minimum Gasteiger partial charge on any atom is -0.179 e. The molecule has 0 nitrogen and oxygen atoms in total. The van der Waals surface area contributed by atoms with E-state index in [0.29, 0.717) is 4.08 Å². The van der Waals surface area contributed by atoms with Crippen LogP contribution in [0, 0.1) is 0 Å². The molecule has 1 atom stereocenters. The monoisotopic (exact) mass is 452 g/mol. The van der Waals surface area contributed by atoms with Gasteiger partial charge in [-0.3, -0.25) is 0 Å². The largest absolute Gasteiger partial charge is 0.179 e. The number of thiol groups is 2. The Kier molecular flexibility index (Phi) is 15.5. The Bertz CT molecular complexity index is 257. The SMILES string of the molecule is CC1(C(SCCSCCS)SCCSCCCS)SCCS1. The van der Waals surface area contributed by atoms with Gasteiger partial charge in [-0.1, -0.05) is 0 Å². The lowest BCUT2D eigenvalue weighted by Gasteiger charge is -2.31. The molecule has 8 heteroatoms. The van der Waals surface area contributed by atoms with Gasteiger partial charge in [-0.15, -0.1) is 47.0 Å². The third kappa shape index (κ3) is 10.1. The van der Waals surface area contributed by atoms with E-state index in [4.69, 9.17) is 0 Å². The van der Waals surface area contributed by atoms with Crippen molar-refractivity contribution in [3.8, 4) is 0 Å². The van der Waals surface area contributed by atoms with Gasteiger partial charge < -0.3 is 0 Å². The molecule has 132 valence electrons. The Balaban J connectivity index is 2.25. The van der Waals surface area contributed by atoms with E-state index in [-0.39, 0.29) is 0 Å². The summed E-state index contributed by atoms with van der Waals surface area (Å²) in [4.78, 5) is 0. The standard InChI is InChI=1S/C14H28S8/c1-14(21-11-12-22-14)13(20-10-8-18-6-4-16)19-9-7-17-5-2-3-15/h13,15-16H,2-12H2,1H3. The number of thioether (sulfide) groups is 6. The lowest BCUT2D eigenvalue weighted by atomic mass is 10.5. The fourth-order valence-electron chi connectivity index (χ4n) is 1.88. The van der Waals surface area contributed by atoms with Crippen LogP contribution in [0.4, 0.5) is 0 Å². The van der Waals surface area contributed by atoms with Crippen LogP contribution >= 0.6 is 95.8 Å². The normalized spacial score (nSPS) is 18.7. The molecule has 1 heterocycles. The summed E-state index contributed by atoms with van der Waals surface area (Å²) >= 11 is 21.4. The second-order valence-electron chi connectivity index (χ2n) is 4.81. The van der Waals surface area contributed by atoms with Gasteiger partial charge in [0.15, 0.2) is 0 Å². The van der Waals surface area contributed by atoms with E-state index in [1.807, 2.05) is 11.8 Å². The Morgan fingerprint density at radius 3 is 2.00 bits per heavy atom. The first-order valence-corrected chi connectivity index (χ1v) is 15.3. The Morgan fingerprint density at radius 2 is 1.45 bits per heavy atom. The van der Waals surface area contributed by atoms with Crippen LogP contribution in [0.1, 0.15) is 13.3 Å². The van der Waals surface area contributed by atoms with Crippen LogP contribution in [0.2, 0.25) is 0 Å². The van der Waals surface area contributed by atoms with E-state index in [0.717, 1.165) is 16.1 Å². The van der Waals surface area contributed by atoms with E-state index in [1.165, 1.54) is 52.4 Å². The smallest absolute Gasteiger partial charge is 0.0792 e. The highest BCUT2D eigenvalue weighted by Gasteiger charge is 2.39. The van der Waals surface area contributed by atoms with E-state index < -0.39 is 0 Å². The van der Waals surface area contributed by atoms with Crippen LogP contribution in [0.25, 0.3) is 0 Å². The molecule has 0 aromatic carbocycles. The summed E-state index contributed by atoms with van der Waals surface area (Å²) in [7, 11) is 0. The van der Waals surface area contributed by atoms with Crippen LogP contribution in [-0.4, -0.2) is 66.2 Å². The molecule has 0 bridgehead atoms. The predicted octanol–water partition coefficient (Wildman–Crippen LogP) is 5.69. The third-order valence-corrected chi connectivity index (χ3v) is 13.6. The molecule has 0 amide bonds. The molecule has 22 heavy (non-hydrogen) atoms. The van der Waals surface area contributed by atoms with Crippen LogP contribution in [0.3, 0.4) is 0 Å². The average molecular weight is 453 g/mol. The van der Waals surface area contributed by atoms with Crippen molar-refractivity contribution < 1.29 is 0 Å². The van der Waals surface area contributed by atoms with Gasteiger partial charge in [0.1, 0.15) is 0 Å². The second-order valence-corrected chi connectivity index (χ2v) is 14.2. The lowest BCUT2D eigenvalue weighted by Crippen LogP contribution is -2.26. The highest BCUT2D eigenvalue weighted by atomic mass is 32.2. The molecule has 0 aromatic rings. The molecule has 1 aliphatic heterocycles. The minimum atomic E-state index is 0.416. The first kappa shape index (κ1) is 22.8. The van der Waals surface area contributed by atoms with Gasteiger partial charge in [0.05, 0.1) is 8.66 Å². The molecular formula is C14H28S8. The Morgan fingerprint density at radius 1 is 0.864 bits per heavy atom. The maximum Gasteiger partial charge on any atom is 0.0792 e. The topological polar surface area (TPSA) is 0 Å². The molecule has 0 N–H and O–H groups in total. The summed E-state index contributed by atoms with van der Waals surface area (Å²) < 4.78 is 1.14. The van der Waals surface area contributed by atoms with Gasteiger partial charge in [-0.2, -0.15) is 48.8 Å². The molecule has 1 rings (SSSR count). The van der Waals surface area contributed by atoms with Gasteiger partial charge in [-0.05, 0) is 30.6 Å². The Labute approximate surface area is 174 Å². The van der Waals surface area contributed by atoms with Crippen molar-refractivity contribution in [1.82, 2.24) is 0 Å². The zero-order chi connectivity index (χ0) is 16.1. The summed E-state index contributed by atoms with van der Waals surface area (Å²) in [6.07, 6.45) is 1.24. The van der Waals surface area contributed by atoms with Crippen LogP contribution in [0.15, 0.2) is 0 Å². The van der Waals surface area contributed by atoms with Gasteiger partial charge >= 0.3 is 0 Å². The number of hydrogen-bond acceptors (Lipinski definition) is 8. The zero-order valence-electron chi connectivity index (χ0n) is 13.2. The van der Waals surface area contributed by atoms with Crippen molar-refractivity contribution >= 4 is 95.8 Å². The summed E-state index contributed by atoms with van der Waals surface area (Å²) in [6, 6.07) is 0. The van der Waals surface area contributed by atoms with E-state index >= 15 is 0 Å². The molecule has 0 aliphatic carbocycles. The maximum atomic E-state index is 4.28. The van der Waals surface area contributed by atoms with Gasteiger partial charge in [-0.25, -0.2) is 0 Å². The second kappa shape index (κ2) is 14.9. The predicted molar refractivity (Wildman–Crippen MR) is 129 cm³/mol. The molecule has 1 aliphatic rings. The fraction of sp³-hybridized carbons (Fsp3) is 1.00. The minimum absolute atomic E-state index is 0.416. The number of hydrogen-bond donors (Lipinski definition) is 2. The van der Waals surface area contributed by atoms with Crippen LogP contribution < -0.4 is 0 Å². The van der Waals surface area contributed by atoms with Crippen molar-refractivity contribution in [2.75, 3.05) is 57.5 Å². The number of rotatable bonds is 14. The molecular weight excluding hydrogens is 425 g/mol. The first-order chi connectivity index (χ1) is 10.7. The highest BCUT2D eigenvalue weighted by molar-refractivity contribution is 8.26. The molecule has 0 radical (unpaired) electrons. The molecule has 1 unspecified atom stereocenters. The first-order valence-electron chi connectivity index (χ1n) is 7.61. The molecule has 0 spiro atoms. The van der Waals surface area contributed by atoms with Crippen LogP contribution in [0.5, 0.6) is 0 Å². The van der Waals surface area contributed by atoms with Crippen molar-refractivity contribution in [3.63, 3.8) is 0 Å². The Hall–Kier alpha value is 2.80. The average Bonchev–Trinajstić information content (AvgIpc) is 2.96. The van der Waals surface area contributed by atoms with Crippen molar-refractivity contribution in [2.24, 2.45) is 0 Å². The van der Waals surface area contributed by atoms with E-state index in [1.54, 1.807) is 0 Å². The lowest BCUT2D eigenvalue weighted by molar-refractivity contribution is 1.01. The molecule has 1 fully saturated rings. The quantitative estimate of drug-likeness (QED) is 0.196. The van der Waals surface area contributed by atoms with Crippen molar-refractivity contribution in [1.29, 1.82) is 0 Å². The van der Waals surface area contributed by atoms with Crippen LogP contribution in [-0.2, 0) is 0 Å². The van der Waals surface area contributed by atoms with Crippen molar-refractivity contribution in [2.45, 2.75) is 22.0 Å². The van der Waals surface area contributed by atoms with Crippen molar-refractivity contribution in [3.05, 3.63) is 0 Å².